The van der Waals surface area contributed by atoms with Crippen molar-refractivity contribution in [2.24, 2.45) is 0 Å². The molecule has 0 saturated carbocycles. The maximum Gasteiger partial charge on any atom is 0.271 e. The summed E-state index contributed by atoms with van der Waals surface area (Å²) in [6, 6.07) is 14.7. The SMILES string of the molecule is CCc1ccc2c(c1)S/C(=c1/s/c(=C\c3scc[n+]3Cc3ccccc3OC)n(CC)c1=O)N2C. The zero-order chi connectivity index (χ0) is 24.5. The van der Waals surface area contributed by atoms with Crippen LogP contribution in [0.3, 0.4) is 0 Å². The van der Waals surface area contributed by atoms with Gasteiger partial charge in [-0.05, 0) is 43.2 Å². The lowest BCUT2D eigenvalue weighted by Crippen LogP contribution is -2.36. The maximum atomic E-state index is 13.5. The van der Waals surface area contributed by atoms with Crippen LogP contribution in [0.2, 0.25) is 0 Å². The van der Waals surface area contributed by atoms with Crippen LogP contribution in [0, 0.1) is 0 Å². The lowest BCUT2D eigenvalue weighted by atomic mass is 10.1. The summed E-state index contributed by atoms with van der Waals surface area (Å²) in [6.45, 7) is 5.54. The molecule has 35 heavy (non-hydrogen) atoms. The number of hydrogen-bond donors (Lipinski definition) is 0. The fourth-order valence-electron chi connectivity index (χ4n) is 4.27. The molecule has 0 fully saturated rings. The molecule has 2 aromatic carbocycles. The molecule has 0 bridgehead atoms. The first-order valence-corrected chi connectivity index (χ1v) is 14.1. The van der Waals surface area contributed by atoms with E-state index < -0.39 is 0 Å². The number of rotatable bonds is 6. The summed E-state index contributed by atoms with van der Waals surface area (Å²) >= 11 is 4.95. The molecule has 1 aliphatic heterocycles. The smallest absolute Gasteiger partial charge is 0.271 e. The van der Waals surface area contributed by atoms with Gasteiger partial charge in [-0.15, -0.1) is 11.3 Å². The molecule has 5 rings (SSSR count). The highest BCUT2D eigenvalue weighted by molar-refractivity contribution is 8.08. The van der Waals surface area contributed by atoms with Crippen LogP contribution in [0.15, 0.2) is 63.7 Å². The third-order valence-electron chi connectivity index (χ3n) is 6.22. The molecule has 180 valence electrons. The molecule has 0 radical (unpaired) electrons. The number of thiazole rings is 2. The quantitative estimate of drug-likeness (QED) is 0.359. The largest absolute Gasteiger partial charge is 0.496 e. The van der Waals surface area contributed by atoms with Crippen molar-refractivity contribution in [1.82, 2.24) is 4.57 Å². The third-order valence-corrected chi connectivity index (χ3v) is 9.54. The van der Waals surface area contributed by atoms with Crippen molar-refractivity contribution in [1.29, 1.82) is 0 Å². The summed E-state index contributed by atoms with van der Waals surface area (Å²) in [6.07, 6.45) is 5.23. The van der Waals surface area contributed by atoms with Crippen molar-refractivity contribution in [3.63, 3.8) is 0 Å². The maximum absolute atomic E-state index is 13.5. The van der Waals surface area contributed by atoms with E-state index in [0.29, 0.717) is 13.1 Å². The molecular weight excluding hydrogens is 495 g/mol. The number of fused-ring (bicyclic) bond motifs is 1. The Hall–Kier alpha value is -2.81. The molecule has 0 N–H and O–H groups in total. The van der Waals surface area contributed by atoms with Gasteiger partial charge in [0.1, 0.15) is 20.0 Å². The Morgan fingerprint density at radius 3 is 2.74 bits per heavy atom. The van der Waals surface area contributed by atoms with Crippen LogP contribution in [0.5, 0.6) is 5.75 Å². The fourth-order valence-corrected chi connectivity index (χ4v) is 7.65. The van der Waals surface area contributed by atoms with Gasteiger partial charge >= 0.3 is 0 Å². The predicted octanol–water partition coefficient (Wildman–Crippen LogP) is 4.03. The molecule has 0 spiro atoms. The molecule has 0 unspecified atom stereocenters. The average Bonchev–Trinajstić information content (AvgIpc) is 3.54. The highest BCUT2D eigenvalue weighted by Gasteiger charge is 2.25. The number of anilines is 1. The number of thioether (sulfide) groups is 1. The summed E-state index contributed by atoms with van der Waals surface area (Å²) in [7, 11) is 3.76. The lowest BCUT2D eigenvalue weighted by Gasteiger charge is -2.12. The first kappa shape index (κ1) is 23.9. The molecule has 0 saturated heterocycles. The van der Waals surface area contributed by atoms with E-state index in [-0.39, 0.29) is 5.56 Å². The van der Waals surface area contributed by atoms with Crippen LogP contribution in [-0.2, 0) is 19.5 Å². The second kappa shape index (κ2) is 10.0. The molecule has 0 aliphatic carbocycles. The highest BCUT2D eigenvalue weighted by atomic mass is 32.2. The van der Waals surface area contributed by atoms with Gasteiger partial charge in [0.05, 0.1) is 29.8 Å². The Kier molecular flexibility index (Phi) is 6.86. The van der Waals surface area contributed by atoms with Gasteiger partial charge in [-0.1, -0.05) is 48.2 Å². The van der Waals surface area contributed by atoms with Gasteiger partial charge < -0.3 is 9.64 Å². The van der Waals surface area contributed by atoms with Crippen LogP contribution < -0.4 is 29.0 Å². The summed E-state index contributed by atoms with van der Waals surface area (Å²) in [5.74, 6) is 0.879. The number of methoxy groups -OCH3 is 1. The van der Waals surface area contributed by atoms with Crippen molar-refractivity contribution in [3.05, 3.63) is 89.7 Å². The summed E-state index contributed by atoms with van der Waals surface area (Å²) in [5.41, 5.74) is 3.68. The normalized spacial score (nSPS) is 15.1. The van der Waals surface area contributed by atoms with E-state index >= 15 is 0 Å². The van der Waals surface area contributed by atoms with E-state index in [9.17, 15) is 4.79 Å². The van der Waals surface area contributed by atoms with Crippen molar-refractivity contribution in [2.75, 3.05) is 19.1 Å². The van der Waals surface area contributed by atoms with Gasteiger partial charge in [0.15, 0.2) is 12.7 Å². The average molecular weight is 523 g/mol. The van der Waals surface area contributed by atoms with E-state index in [1.54, 1.807) is 41.5 Å². The van der Waals surface area contributed by atoms with Gasteiger partial charge in [0, 0.05) is 18.5 Å². The van der Waals surface area contributed by atoms with Gasteiger partial charge in [-0.25, -0.2) is 0 Å². The number of aromatic nitrogens is 2. The Balaban J connectivity index is 1.59. The van der Waals surface area contributed by atoms with Crippen LogP contribution >= 0.6 is 34.4 Å². The Morgan fingerprint density at radius 2 is 1.97 bits per heavy atom. The van der Waals surface area contributed by atoms with E-state index in [4.69, 9.17) is 4.74 Å². The summed E-state index contributed by atoms with van der Waals surface area (Å²) in [5, 5.41) is 4.19. The van der Waals surface area contributed by atoms with Crippen molar-refractivity contribution in [2.45, 2.75) is 38.3 Å². The Bertz CT molecular complexity index is 1560. The van der Waals surface area contributed by atoms with Gasteiger partial charge in [-0.2, -0.15) is 4.57 Å². The van der Waals surface area contributed by atoms with Crippen LogP contribution in [0.25, 0.3) is 11.1 Å². The molecule has 8 heteroatoms. The minimum atomic E-state index is 0.0782. The summed E-state index contributed by atoms with van der Waals surface area (Å²) in [4.78, 5) is 16.9. The molecule has 2 aromatic heterocycles. The van der Waals surface area contributed by atoms with E-state index in [2.05, 4.69) is 65.4 Å². The number of aryl methyl sites for hydroxylation is 1. The minimum Gasteiger partial charge on any atom is -0.496 e. The zero-order valence-electron chi connectivity index (χ0n) is 20.3. The number of para-hydroxylation sites is 1. The number of hydrogen-bond acceptors (Lipinski definition) is 6. The molecular formula is C27H28N3O2S3+. The third kappa shape index (κ3) is 4.46. The topological polar surface area (TPSA) is 38.4 Å². The van der Waals surface area contributed by atoms with Crippen LogP contribution in [0.4, 0.5) is 5.69 Å². The zero-order valence-corrected chi connectivity index (χ0v) is 22.7. The minimum absolute atomic E-state index is 0.0782. The van der Waals surface area contributed by atoms with E-state index in [1.807, 2.05) is 29.7 Å². The fraction of sp³-hybridized carbons (Fsp3) is 0.259. The second-order valence-corrected chi connectivity index (χ2v) is 11.3. The van der Waals surface area contributed by atoms with E-state index in [1.165, 1.54) is 10.5 Å². The highest BCUT2D eigenvalue weighted by Crippen LogP contribution is 2.45. The molecule has 3 heterocycles. The first-order valence-electron chi connectivity index (χ1n) is 11.6. The van der Waals surface area contributed by atoms with Crippen molar-refractivity contribution >= 4 is 51.2 Å². The van der Waals surface area contributed by atoms with Gasteiger partial charge in [0.25, 0.3) is 10.6 Å². The second-order valence-electron chi connectivity index (χ2n) is 8.27. The van der Waals surface area contributed by atoms with E-state index in [0.717, 1.165) is 42.7 Å². The summed E-state index contributed by atoms with van der Waals surface area (Å²) < 4.78 is 11.4. The lowest BCUT2D eigenvalue weighted by molar-refractivity contribution is -0.685. The van der Waals surface area contributed by atoms with Gasteiger partial charge in [0.2, 0.25) is 0 Å². The van der Waals surface area contributed by atoms with Gasteiger partial charge in [-0.3, -0.25) is 9.36 Å². The molecule has 0 atom stereocenters. The predicted molar refractivity (Wildman–Crippen MR) is 147 cm³/mol. The standard InChI is InChI=1S/C27H28N3O2S3/c1-5-18-11-12-20-22(15-18)34-27(28(20)3)25-26(31)30(6-2)24(35-25)16-23-29(13-14-33-23)17-19-9-7-8-10-21(19)32-4/h7-16H,5-6,17H2,1-4H3/q+1/b27-25+. The Morgan fingerprint density at radius 1 is 1.14 bits per heavy atom. The number of nitrogens with zero attached hydrogens (tertiary/aromatic N) is 3. The van der Waals surface area contributed by atoms with Crippen molar-refractivity contribution in [3.8, 4) is 5.75 Å². The monoisotopic (exact) mass is 522 g/mol. The van der Waals surface area contributed by atoms with Crippen LogP contribution in [-0.4, -0.2) is 18.7 Å². The molecule has 5 nitrogen and oxygen atoms in total. The molecule has 1 aliphatic rings. The first-order chi connectivity index (χ1) is 17.0. The number of benzene rings is 2. The number of ether oxygens (including phenoxy) is 1. The molecule has 0 amide bonds. The molecule has 4 aromatic rings. The Labute approximate surface area is 217 Å². The van der Waals surface area contributed by atoms with Crippen molar-refractivity contribution < 1.29 is 9.30 Å². The van der Waals surface area contributed by atoms with Crippen LogP contribution in [0.1, 0.15) is 30.0 Å².